The summed E-state index contributed by atoms with van der Waals surface area (Å²) in [6.07, 6.45) is 0.515. The van der Waals surface area contributed by atoms with E-state index in [2.05, 4.69) is 5.32 Å². The Morgan fingerprint density at radius 1 is 1.08 bits per heavy atom. The lowest BCUT2D eigenvalue weighted by molar-refractivity contribution is -0.116. The van der Waals surface area contributed by atoms with Gasteiger partial charge in [-0.05, 0) is 49.2 Å². The van der Waals surface area contributed by atoms with Gasteiger partial charge in [0.2, 0.25) is 5.91 Å². The molecular weight excluding hydrogens is 323 g/mol. The smallest absolute Gasteiger partial charge is 0.261 e. The molecule has 128 valence electrons. The molecule has 1 heterocycles. The van der Waals surface area contributed by atoms with Gasteiger partial charge in [-0.15, -0.1) is 0 Å². The molecule has 0 atom stereocenters. The Bertz CT molecular complexity index is 828. The van der Waals surface area contributed by atoms with E-state index in [4.69, 9.17) is 0 Å². The predicted octanol–water partition coefficient (Wildman–Crippen LogP) is 3.15. The highest BCUT2D eigenvalue weighted by molar-refractivity contribution is 6.21. The van der Waals surface area contributed by atoms with Crippen molar-refractivity contribution in [2.24, 2.45) is 0 Å². The molecule has 0 unspecified atom stereocenters. The second-order valence-corrected chi connectivity index (χ2v) is 5.92. The van der Waals surface area contributed by atoms with E-state index < -0.39 is 0 Å². The fraction of sp³-hybridized carbons (Fsp3) is 0.211. The molecule has 0 fully saturated rings. The number of carbonyl (C=O) groups is 3. The Morgan fingerprint density at radius 2 is 1.72 bits per heavy atom. The van der Waals surface area contributed by atoms with Crippen LogP contribution in [-0.4, -0.2) is 29.2 Å². The molecule has 0 bridgehead atoms. The lowest BCUT2D eigenvalue weighted by Gasteiger charge is -2.13. The van der Waals surface area contributed by atoms with Gasteiger partial charge in [0.15, 0.2) is 0 Å². The molecule has 1 aliphatic heterocycles. The third kappa shape index (κ3) is 3.42. The summed E-state index contributed by atoms with van der Waals surface area (Å²) >= 11 is 0. The summed E-state index contributed by atoms with van der Waals surface area (Å²) in [7, 11) is 0. The van der Waals surface area contributed by atoms with Crippen molar-refractivity contribution in [3.63, 3.8) is 0 Å². The van der Waals surface area contributed by atoms with Gasteiger partial charge in [0.25, 0.3) is 11.8 Å². The summed E-state index contributed by atoms with van der Waals surface area (Å²) in [5, 5.41) is 2.68. The van der Waals surface area contributed by atoms with E-state index in [1.807, 2.05) is 0 Å². The molecule has 0 spiro atoms. The van der Waals surface area contributed by atoms with Gasteiger partial charge in [0.1, 0.15) is 5.82 Å². The number of rotatable bonds is 5. The Hall–Kier alpha value is -3.02. The van der Waals surface area contributed by atoms with E-state index in [1.165, 1.54) is 17.0 Å². The minimum Gasteiger partial charge on any atom is -0.326 e. The summed E-state index contributed by atoms with van der Waals surface area (Å²) in [6, 6.07) is 11.0. The molecule has 2 aromatic rings. The quantitative estimate of drug-likeness (QED) is 0.850. The Kier molecular flexibility index (Phi) is 4.61. The molecule has 25 heavy (non-hydrogen) atoms. The zero-order chi connectivity index (χ0) is 18.0. The molecule has 0 aliphatic carbocycles. The van der Waals surface area contributed by atoms with Crippen LogP contribution in [0.3, 0.4) is 0 Å². The zero-order valence-electron chi connectivity index (χ0n) is 13.7. The first-order chi connectivity index (χ1) is 12.0. The van der Waals surface area contributed by atoms with Gasteiger partial charge in [-0.1, -0.05) is 12.1 Å². The van der Waals surface area contributed by atoms with E-state index >= 15 is 0 Å². The number of hydrogen-bond donors (Lipinski definition) is 1. The van der Waals surface area contributed by atoms with Crippen LogP contribution in [0.2, 0.25) is 0 Å². The van der Waals surface area contributed by atoms with Crippen LogP contribution in [0.25, 0.3) is 0 Å². The predicted molar refractivity (Wildman–Crippen MR) is 90.8 cm³/mol. The van der Waals surface area contributed by atoms with Crippen LogP contribution in [0.4, 0.5) is 10.1 Å². The lowest BCUT2D eigenvalue weighted by atomic mass is 10.1. The number of carbonyl (C=O) groups excluding carboxylic acids is 3. The highest BCUT2D eigenvalue weighted by atomic mass is 19.1. The molecule has 0 saturated carbocycles. The second-order valence-electron chi connectivity index (χ2n) is 5.92. The molecule has 3 amide bonds. The zero-order valence-corrected chi connectivity index (χ0v) is 13.7. The summed E-state index contributed by atoms with van der Waals surface area (Å²) in [4.78, 5) is 37.6. The number of anilines is 1. The Balaban J connectivity index is 1.53. The van der Waals surface area contributed by atoms with Crippen molar-refractivity contribution in [1.82, 2.24) is 4.90 Å². The van der Waals surface area contributed by atoms with E-state index in [-0.39, 0.29) is 36.5 Å². The number of benzene rings is 2. The van der Waals surface area contributed by atoms with Crippen molar-refractivity contribution in [3.8, 4) is 0 Å². The van der Waals surface area contributed by atoms with Crippen LogP contribution < -0.4 is 5.32 Å². The minimum atomic E-state index is -0.330. The molecule has 2 aromatic carbocycles. The van der Waals surface area contributed by atoms with Crippen LogP contribution in [-0.2, 0) is 4.79 Å². The molecule has 0 aromatic heterocycles. The molecule has 6 heteroatoms. The topological polar surface area (TPSA) is 66.5 Å². The van der Waals surface area contributed by atoms with Crippen molar-refractivity contribution in [2.75, 3.05) is 11.9 Å². The number of fused-ring (bicyclic) bond motifs is 1. The first-order valence-corrected chi connectivity index (χ1v) is 7.98. The van der Waals surface area contributed by atoms with Crippen molar-refractivity contribution in [2.45, 2.75) is 19.8 Å². The minimum absolute atomic E-state index is 0.157. The number of amides is 3. The van der Waals surface area contributed by atoms with E-state index in [1.54, 1.807) is 37.3 Å². The fourth-order valence-corrected chi connectivity index (χ4v) is 2.79. The van der Waals surface area contributed by atoms with Crippen molar-refractivity contribution >= 4 is 23.4 Å². The summed E-state index contributed by atoms with van der Waals surface area (Å²) in [5.41, 5.74) is 1.77. The maximum Gasteiger partial charge on any atom is 0.261 e. The average Bonchev–Trinajstić information content (AvgIpc) is 2.83. The molecular formula is C19H17FN2O3. The molecule has 3 rings (SSSR count). The number of nitrogens with one attached hydrogen (secondary N) is 1. The monoisotopic (exact) mass is 340 g/mol. The second kappa shape index (κ2) is 6.84. The van der Waals surface area contributed by atoms with Gasteiger partial charge >= 0.3 is 0 Å². The Morgan fingerprint density at radius 3 is 2.32 bits per heavy atom. The van der Waals surface area contributed by atoms with E-state index in [9.17, 15) is 18.8 Å². The van der Waals surface area contributed by atoms with E-state index in [0.717, 1.165) is 0 Å². The Labute approximate surface area is 144 Å². The van der Waals surface area contributed by atoms with Gasteiger partial charge in [-0.25, -0.2) is 4.39 Å². The molecule has 5 nitrogen and oxygen atoms in total. The highest BCUT2D eigenvalue weighted by Crippen LogP contribution is 2.22. The largest absolute Gasteiger partial charge is 0.326 e. The standard InChI is InChI=1S/C19H17FN2O3/c1-12-11-13(8-9-16(12)20)21-17(23)7-4-10-22-18(24)14-5-2-3-6-15(14)19(22)25/h2-3,5-6,8-9,11H,4,7,10H2,1H3,(H,21,23). The maximum absolute atomic E-state index is 13.2. The number of imide groups is 1. The van der Waals surface area contributed by atoms with Crippen molar-refractivity contribution in [1.29, 1.82) is 0 Å². The van der Waals surface area contributed by atoms with Gasteiger partial charge in [0.05, 0.1) is 11.1 Å². The average molecular weight is 340 g/mol. The summed E-state index contributed by atoms with van der Waals surface area (Å²) in [6.45, 7) is 1.80. The van der Waals surface area contributed by atoms with Gasteiger partial charge in [-0.2, -0.15) is 0 Å². The van der Waals surface area contributed by atoms with Crippen LogP contribution in [0.15, 0.2) is 42.5 Å². The first-order valence-electron chi connectivity index (χ1n) is 7.98. The normalized spacial score (nSPS) is 13.1. The molecule has 0 radical (unpaired) electrons. The molecule has 1 N–H and O–H groups in total. The first kappa shape index (κ1) is 16.8. The van der Waals surface area contributed by atoms with Gasteiger partial charge in [0, 0.05) is 18.7 Å². The fourth-order valence-electron chi connectivity index (χ4n) is 2.79. The third-order valence-electron chi connectivity index (χ3n) is 4.11. The van der Waals surface area contributed by atoms with Crippen LogP contribution in [0.5, 0.6) is 0 Å². The number of halogens is 1. The number of nitrogens with zero attached hydrogens (tertiary/aromatic N) is 1. The molecule has 1 aliphatic rings. The third-order valence-corrected chi connectivity index (χ3v) is 4.11. The molecule has 0 saturated heterocycles. The van der Waals surface area contributed by atoms with Crippen molar-refractivity contribution < 1.29 is 18.8 Å². The number of aryl methyl sites for hydroxylation is 1. The van der Waals surface area contributed by atoms with Gasteiger partial charge in [-0.3, -0.25) is 19.3 Å². The summed E-state index contributed by atoms with van der Waals surface area (Å²) < 4.78 is 13.2. The SMILES string of the molecule is Cc1cc(NC(=O)CCCN2C(=O)c3ccccc3C2=O)ccc1F. The van der Waals surface area contributed by atoms with Crippen LogP contribution in [0.1, 0.15) is 39.1 Å². The van der Waals surface area contributed by atoms with Crippen LogP contribution in [0, 0.1) is 12.7 Å². The summed E-state index contributed by atoms with van der Waals surface area (Å²) in [5.74, 6) is -1.23. The van der Waals surface area contributed by atoms with Gasteiger partial charge < -0.3 is 5.32 Å². The van der Waals surface area contributed by atoms with Crippen molar-refractivity contribution in [3.05, 3.63) is 65.0 Å². The lowest BCUT2D eigenvalue weighted by Crippen LogP contribution is -2.31. The van der Waals surface area contributed by atoms with Crippen LogP contribution >= 0.6 is 0 Å². The highest BCUT2D eigenvalue weighted by Gasteiger charge is 2.34. The number of hydrogen-bond acceptors (Lipinski definition) is 3. The van der Waals surface area contributed by atoms with E-state index in [0.29, 0.717) is 28.8 Å². The maximum atomic E-state index is 13.2.